The Morgan fingerprint density at radius 3 is 2.00 bits per heavy atom. The van der Waals surface area contributed by atoms with Gasteiger partial charge in [0.1, 0.15) is 0 Å². The number of nitrogens with zero attached hydrogens (tertiary/aromatic N) is 1. The Morgan fingerprint density at radius 2 is 1.35 bits per heavy atom. The van der Waals surface area contributed by atoms with Crippen molar-refractivity contribution in [3.63, 3.8) is 0 Å². The molecular weight excluding hydrogens is 430 g/mol. The number of fused-ring (bicyclic) bond motifs is 2. The molecular formula is C28H25NO5. The van der Waals surface area contributed by atoms with Crippen molar-refractivity contribution in [2.24, 2.45) is 0 Å². The van der Waals surface area contributed by atoms with Crippen LogP contribution < -0.4 is 0 Å². The van der Waals surface area contributed by atoms with E-state index in [4.69, 9.17) is 4.74 Å². The zero-order valence-corrected chi connectivity index (χ0v) is 19.3. The zero-order chi connectivity index (χ0) is 24.5. The average molecular weight is 456 g/mol. The number of ketones is 2. The maximum atomic E-state index is 13.1. The molecule has 1 amide bonds. The van der Waals surface area contributed by atoms with E-state index in [9.17, 15) is 19.2 Å². The minimum Gasteiger partial charge on any atom is -0.452 e. The van der Waals surface area contributed by atoms with Crippen LogP contribution >= 0.6 is 0 Å². The third kappa shape index (κ3) is 4.39. The lowest BCUT2D eigenvalue weighted by Gasteiger charge is -2.35. The minimum absolute atomic E-state index is 0.0145. The summed E-state index contributed by atoms with van der Waals surface area (Å²) in [6.07, 6.45) is 0. The summed E-state index contributed by atoms with van der Waals surface area (Å²) in [4.78, 5) is 53.7. The molecule has 3 aromatic rings. The highest BCUT2D eigenvalue weighted by atomic mass is 16.5. The summed E-state index contributed by atoms with van der Waals surface area (Å²) in [7, 11) is 0. The highest BCUT2D eigenvalue weighted by Gasteiger charge is 2.34. The molecule has 6 heteroatoms. The Balaban J connectivity index is 1.55. The third-order valence-electron chi connectivity index (χ3n) is 5.79. The Bertz CT molecular complexity index is 1290. The SMILES string of the molecule is CC(C)(C)N(Cc1ccccc1)C(=O)COC(=O)c1cccc2c1C(=O)c1ccccc1C2=O. The van der Waals surface area contributed by atoms with Gasteiger partial charge >= 0.3 is 5.97 Å². The fraction of sp³-hybridized carbons (Fsp3) is 0.214. The fourth-order valence-corrected chi connectivity index (χ4v) is 4.06. The van der Waals surface area contributed by atoms with E-state index >= 15 is 0 Å². The van der Waals surface area contributed by atoms with Gasteiger partial charge in [-0.15, -0.1) is 0 Å². The van der Waals surface area contributed by atoms with Gasteiger partial charge in [-0.3, -0.25) is 14.4 Å². The molecule has 0 radical (unpaired) electrons. The van der Waals surface area contributed by atoms with E-state index in [1.165, 1.54) is 18.2 Å². The van der Waals surface area contributed by atoms with E-state index in [1.54, 1.807) is 29.2 Å². The number of benzene rings is 3. The van der Waals surface area contributed by atoms with Gasteiger partial charge in [0.15, 0.2) is 18.2 Å². The summed E-state index contributed by atoms with van der Waals surface area (Å²) in [5.41, 5.74) is 1.16. The molecule has 0 saturated heterocycles. The number of amides is 1. The van der Waals surface area contributed by atoms with Crippen LogP contribution in [0.15, 0.2) is 72.8 Å². The first-order chi connectivity index (χ1) is 16.2. The molecule has 0 fully saturated rings. The quantitative estimate of drug-likeness (QED) is 0.416. The summed E-state index contributed by atoms with van der Waals surface area (Å²) >= 11 is 0. The number of hydrogen-bond acceptors (Lipinski definition) is 5. The second-order valence-electron chi connectivity index (χ2n) is 9.14. The van der Waals surface area contributed by atoms with Gasteiger partial charge in [-0.1, -0.05) is 66.7 Å². The van der Waals surface area contributed by atoms with Crippen molar-refractivity contribution in [1.29, 1.82) is 0 Å². The van der Waals surface area contributed by atoms with Crippen molar-refractivity contribution in [3.8, 4) is 0 Å². The van der Waals surface area contributed by atoms with E-state index in [2.05, 4.69) is 0 Å². The molecule has 0 aromatic heterocycles. The molecule has 0 unspecified atom stereocenters. The second-order valence-corrected chi connectivity index (χ2v) is 9.14. The molecule has 1 aliphatic rings. The Hall–Kier alpha value is -4.06. The number of ether oxygens (including phenoxy) is 1. The predicted octanol–water partition coefficient (Wildman–Crippen LogP) is 4.45. The minimum atomic E-state index is -0.820. The van der Waals surface area contributed by atoms with Gasteiger partial charge in [-0.05, 0) is 32.4 Å². The largest absolute Gasteiger partial charge is 0.452 e. The zero-order valence-electron chi connectivity index (χ0n) is 19.3. The molecule has 0 N–H and O–H groups in total. The van der Waals surface area contributed by atoms with Crippen LogP contribution in [0.1, 0.15) is 68.5 Å². The van der Waals surface area contributed by atoms with E-state index < -0.39 is 23.9 Å². The van der Waals surface area contributed by atoms with Crippen LogP contribution in [0.3, 0.4) is 0 Å². The number of esters is 1. The number of carbonyl (C=O) groups excluding carboxylic acids is 4. The third-order valence-corrected chi connectivity index (χ3v) is 5.79. The molecule has 1 aliphatic carbocycles. The first kappa shape index (κ1) is 23.1. The van der Waals surface area contributed by atoms with Crippen molar-refractivity contribution in [2.75, 3.05) is 6.61 Å². The van der Waals surface area contributed by atoms with Crippen molar-refractivity contribution in [2.45, 2.75) is 32.9 Å². The normalized spacial score (nSPS) is 12.6. The molecule has 3 aromatic carbocycles. The Kier molecular flexibility index (Phi) is 6.16. The van der Waals surface area contributed by atoms with Crippen LogP contribution in [0, 0.1) is 0 Å². The molecule has 34 heavy (non-hydrogen) atoms. The highest BCUT2D eigenvalue weighted by Crippen LogP contribution is 2.30. The number of hydrogen-bond donors (Lipinski definition) is 0. The molecule has 0 aliphatic heterocycles. The van der Waals surface area contributed by atoms with Crippen molar-refractivity contribution < 1.29 is 23.9 Å². The smallest absolute Gasteiger partial charge is 0.339 e. The van der Waals surface area contributed by atoms with Crippen molar-refractivity contribution in [1.82, 2.24) is 4.90 Å². The van der Waals surface area contributed by atoms with E-state index in [0.717, 1.165) is 5.56 Å². The molecule has 4 rings (SSSR count). The Morgan fingerprint density at radius 1 is 0.765 bits per heavy atom. The van der Waals surface area contributed by atoms with Crippen LogP contribution in [0.5, 0.6) is 0 Å². The van der Waals surface area contributed by atoms with Crippen LogP contribution in [0.25, 0.3) is 0 Å². The van der Waals surface area contributed by atoms with E-state index in [1.807, 2.05) is 51.1 Å². The summed E-state index contributed by atoms with van der Waals surface area (Å²) in [6.45, 7) is 5.61. The monoisotopic (exact) mass is 455 g/mol. The van der Waals surface area contributed by atoms with Crippen molar-refractivity contribution >= 4 is 23.4 Å². The molecule has 6 nitrogen and oxygen atoms in total. The van der Waals surface area contributed by atoms with Crippen molar-refractivity contribution in [3.05, 3.63) is 106 Å². The maximum Gasteiger partial charge on any atom is 0.339 e. The molecule has 0 heterocycles. The second kappa shape index (κ2) is 9.06. The van der Waals surface area contributed by atoms with Crippen LogP contribution in [-0.4, -0.2) is 40.5 Å². The topological polar surface area (TPSA) is 80.8 Å². The molecule has 0 atom stereocenters. The summed E-state index contributed by atoms with van der Waals surface area (Å²) < 4.78 is 5.35. The molecule has 172 valence electrons. The van der Waals surface area contributed by atoms with Gasteiger partial charge in [0.25, 0.3) is 5.91 Å². The van der Waals surface area contributed by atoms with Crippen LogP contribution in [0.4, 0.5) is 0 Å². The van der Waals surface area contributed by atoms with E-state index in [0.29, 0.717) is 12.1 Å². The van der Waals surface area contributed by atoms with Gasteiger partial charge in [0.2, 0.25) is 0 Å². The Labute approximate surface area is 198 Å². The number of carbonyl (C=O) groups is 4. The van der Waals surface area contributed by atoms with Gasteiger partial charge in [-0.2, -0.15) is 0 Å². The summed E-state index contributed by atoms with van der Waals surface area (Å²) in [6, 6.07) is 20.6. The molecule has 0 bridgehead atoms. The van der Waals surface area contributed by atoms with E-state index in [-0.39, 0.29) is 33.9 Å². The first-order valence-electron chi connectivity index (χ1n) is 11.0. The number of rotatable bonds is 5. The highest BCUT2D eigenvalue weighted by molar-refractivity contribution is 6.30. The fourth-order valence-electron chi connectivity index (χ4n) is 4.06. The average Bonchev–Trinajstić information content (AvgIpc) is 2.83. The maximum absolute atomic E-state index is 13.1. The van der Waals surface area contributed by atoms with Crippen LogP contribution in [-0.2, 0) is 16.1 Å². The van der Waals surface area contributed by atoms with Gasteiger partial charge in [0.05, 0.1) is 5.56 Å². The predicted molar refractivity (Wildman–Crippen MR) is 127 cm³/mol. The summed E-state index contributed by atoms with van der Waals surface area (Å²) in [5.74, 6) is -1.91. The molecule has 0 spiro atoms. The summed E-state index contributed by atoms with van der Waals surface area (Å²) in [5, 5.41) is 0. The van der Waals surface area contributed by atoms with Gasteiger partial charge in [-0.25, -0.2) is 4.79 Å². The first-order valence-corrected chi connectivity index (χ1v) is 11.0. The standard InChI is InChI=1S/C28H25NO5/c1-28(2,3)29(16-18-10-5-4-6-11-18)23(30)17-34-27(33)22-15-9-14-21-24(22)26(32)20-13-8-7-12-19(20)25(21)31/h4-15H,16-17H2,1-3H3. The molecule has 0 saturated carbocycles. The van der Waals surface area contributed by atoms with Gasteiger partial charge < -0.3 is 9.64 Å². The lowest BCUT2D eigenvalue weighted by molar-refractivity contribution is -0.140. The van der Waals surface area contributed by atoms with Gasteiger partial charge in [0, 0.05) is 34.3 Å². The lowest BCUT2D eigenvalue weighted by Crippen LogP contribution is -2.46. The lowest BCUT2D eigenvalue weighted by atomic mass is 9.82. The van der Waals surface area contributed by atoms with Crippen LogP contribution in [0.2, 0.25) is 0 Å².